The molecule has 47 heavy (non-hydrogen) atoms. The number of nitrogens with zero attached hydrogens (tertiary/aromatic N) is 3. The number of carbonyl (C=O) groups excluding carboxylic acids is 4. The van der Waals surface area contributed by atoms with E-state index in [-0.39, 0.29) is 42.8 Å². The summed E-state index contributed by atoms with van der Waals surface area (Å²) in [5, 5.41) is 6.27. The number of rotatable bonds is 17. The van der Waals surface area contributed by atoms with Gasteiger partial charge in [-0.15, -0.1) is 11.8 Å². The number of carbonyl (C=O) groups is 4. The molecule has 2 atom stereocenters. The molecule has 3 amide bonds. The second-order valence-corrected chi connectivity index (χ2v) is 14.2. The lowest BCUT2D eigenvalue weighted by Gasteiger charge is -2.35. The number of allylic oxidation sites excluding steroid dienone is 1. The maximum absolute atomic E-state index is 13.6. The Morgan fingerprint density at radius 1 is 1.17 bits per heavy atom. The van der Waals surface area contributed by atoms with Crippen LogP contribution in [-0.2, 0) is 36.2 Å². The number of aliphatic imine (C=N–C) groups is 1. The molecule has 2 N–H and O–H groups in total. The van der Waals surface area contributed by atoms with Crippen LogP contribution in [-0.4, -0.2) is 91.5 Å². The Balaban J connectivity index is 1.65. The third kappa shape index (κ3) is 12.1. The summed E-state index contributed by atoms with van der Waals surface area (Å²) in [5.74, 6) is 1.48. The summed E-state index contributed by atoms with van der Waals surface area (Å²) in [6.07, 6.45) is 4.59. The van der Waals surface area contributed by atoms with Crippen molar-refractivity contribution in [1.29, 1.82) is 0 Å². The lowest BCUT2D eigenvalue weighted by molar-refractivity contribution is -0.142. The fourth-order valence-electron chi connectivity index (χ4n) is 5.94. The topological polar surface area (TPSA) is 130 Å². The van der Waals surface area contributed by atoms with Crippen LogP contribution in [0, 0.1) is 11.3 Å². The molecule has 0 bridgehead atoms. The van der Waals surface area contributed by atoms with E-state index >= 15 is 0 Å². The van der Waals surface area contributed by atoms with Crippen LogP contribution >= 0.6 is 11.8 Å². The number of methoxy groups -OCH3 is 1. The highest BCUT2D eigenvalue weighted by Crippen LogP contribution is 2.28. The van der Waals surface area contributed by atoms with E-state index in [2.05, 4.69) is 22.2 Å². The van der Waals surface area contributed by atoms with E-state index in [1.807, 2.05) is 45.9 Å². The molecule has 2 saturated heterocycles. The summed E-state index contributed by atoms with van der Waals surface area (Å²) >= 11 is 1.57. The Morgan fingerprint density at radius 2 is 1.91 bits per heavy atom. The first-order chi connectivity index (χ1) is 22.4. The van der Waals surface area contributed by atoms with Gasteiger partial charge in [-0.3, -0.25) is 24.7 Å². The van der Waals surface area contributed by atoms with Crippen LogP contribution in [0.1, 0.15) is 77.3 Å². The van der Waals surface area contributed by atoms with Gasteiger partial charge in [-0.2, -0.15) is 0 Å². The summed E-state index contributed by atoms with van der Waals surface area (Å²) in [6, 6.07) is 5.02. The lowest BCUT2D eigenvalue weighted by atomic mass is 9.85. The number of ether oxygens (including phenoxy) is 2. The molecule has 0 spiro atoms. The van der Waals surface area contributed by atoms with Crippen molar-refractivity contribution < 1.29 is 28.7 Å². The zero-order valence-corrected chi connectivity index (χ0v) is 29.5. The number of benzene rings is 1. The van der Waals surface area contributed by atoms with Gasteiger partial charge in [0.2, 0.25) is 17.7 Å². The highest BCUT2D eigenvalue weighted by Gasteiger charge is 2.41. The molecule has 3 rings (SSSR count). The maximum Gasteiger partial charge on any atom is 0.243 e. The number of likely N-dealkylation sites (tertiary alicyclic amines) is 2. The molecule has 2 fully saturated rings. The van der Waals surface area contributed by atoms with Crippen molar-refractivity contribution in [1.82, 2.24) is 20.4 Å². The van der Waals surface area contributed by atoms with Crippen LogP contribution in [0.5, 0.6) is 5.75 Å². The van der Waals surface area contributed by atoms with Gasteiger partial charge in [-0.1, -0.05) is 39.5 Å². The largest absolute Gasteiger partial charge is 0.493 e. The average Bonchev–Trinajstić information content (AvgIpc) is 3.53. The minimum Gasteiger partial charge on any atom is -0.493 e. The molecule has 260 valence electrons. The Morgan fingerprint density at radius 3 is 2.57 bits per heavy atom. The molecule has 1 unspecified atom stereocenters. The van der Waals surface area contributed by atoms with E-state index in [9.17, 15) is 19.2 Å². The monoisotopic (exact) mass is 671 g/mol. The Bertz CT molecular complexity index is 1260. The van der Waals surface area contributed by atoms with Crippen molar-refractivity contribution in [3.63, 3.8) is 0 Å². The van der Waals surface area contributed by atoms with Gasteiger partial charge in [-0.05, 0) is 62.0 Å². The van der Waals surface area contributed by atoms with Gasteiger partial charge in [0.05, 0.1) is 31.3 Å². The van der Waals surface area contributed by atoms with E-state index in [1.54, 1.807) is 34.2 Å². The molecule has 2 aliphatic heterocycles. The van der Waals surface area contributed by atoms with Gasteiger partial charge in [0.1, 0.15) is 18.1 Å². The smallest absolute Gasteiger partial charge is 0.243 e. The molecule has 2 aliphatic rings. The summed E-state index contributed by atoms with van der Waals surface area (Å²) in [7, 11) is 1.58. The van der Waals surface area contributed by atoms with Crippen LogP contribution in [0.2, 0.25) is 0 Å². The van der Waals surface area contributed by atoms with Crippen LogP contribution in [0.15, 0.2) is 35.5 Å². The highest BCUT2D eigenvalue weighted by molar-refractivity contribution is 8.11. The average molecular weight is 672 g/mol. The third-order valence-corrected chi connectivity index (χ3v) is 9.33. The maximum atomic E-state index is 13.6. The number of thioether (sulfide) groups is 1. The van der Waals surface area contributed by atoms with Crippen LogP contribution in [0.25, 0.3) is 0 Å². The first kappa shape index (κ1) is 38.2. The second kappa shape index (κ2) is 18.9. The van der Waals surface area contributed by atoms with Gasteiger partial charge in [0, 0.05) is 50.3 Å². The van der Waals surface area contributed by atoms with Crippen molar-refractivity contribution in [3.8, 4) is 5.75 Å². The van der Waals surface area contributed by atoms with E-state index < -0.39 is 12.1 Å². The molecule has 11 nitrogen and oxygen atoms in total. The SMILES string of the molecule is C=C(C)/N=C\SCc1ccc(CNC(=O)C2CCCN2C(=O)[C@@H](NCOC)C(C)(C)C)c(OCCC2CCN(C(=O)CC=O)CC2)c1. The van der Waals surface area contributed by atoms with E-state index in [4.69, 9.17) is 9.47 Å². The van der Waals surface area contributed by atoms with Crippen LogP contribution in [0.3, 0.4) is 0 Å². The first-order valence-corrected chi connectivity index (χ1v) is 17.6. The molecular formula is C35H53N5O6S. The highest BCUT2D eigenvalue weighted by atomic mass is 32.2. The van der Waals surface area contributed by atoms with Gasteiger partial charge in [0.15, 0.2) is 0 Å². The van der Waals surface area contributed by atoms with Gasteiger partial charge in [0.25, 0.3) is 0 Å². The zero-order chi connectivity index (χ0) is 34.4. The Kier molecular flexibility index (Phi) is 15.4. The quantitative estimate of drug-likeness (QED) is 0.0825. The normalized spacial score (nSPS) is 17.9. The van der Waals surface area contributed by atoms with Crippen molar-refractivity contribution in [2.75, 3.05) is 40.1 Å². The first-order valence-electron chi connectivity index (χ1n) is 16.5. The number of aldehydes is 1. The molecular weight excluding hydrogens is 618 g/mol. The molecule has 0 aromatic heterocycles. The number of hydrogen-bond donors (Lipinski definition) is 2. The number of hydrogen-bond acceptors (Lipinski definition) is 9. The fraction of sp³-hybridized carbons (Fsp3) is 0.629. The summed E-state index contributed by atoms with van der Waals surface area (Å²) in [5.41, 5.74) is 4.11. The van der Waals surface area contributed by atoms with Crippen molar-refractivity contribution in [2.24, 2.45) is 16.3 Å². The predicted molar refractivity (Wildman–Crippen MR) is 186 cm³/mol. The molecule has 1 aromatic carbocycles. The van der Waals surface area contributed by atoms with Crippen molar-refractivity contribution in [3.05, 3.63) is 41.6 Å². The van der Waals surface area contributed by atoms with E-state index in [0.717, 1.165) is 48.3 Å². The summed E-state index contributed by atoms with van der Waals surface area (Å²) in [6.45, 7) is 14.5. The Hall–Kier alpha value is -3.22. The number of amides is 3. The minimum atomic E-state index is -0.534. The van der Waals surface area contributed by atoms with Gasteiger partial charge in [-0.25, -0.2) is 0 Å². The second-order valence-electron chi connectivity index (χ2n) is 13.4. The molecule has 0 aliphatic carbocycles. The number of piperidine rings is 1. The lowest BCUT2D eigenvalue weighted by Crippen LogP contribution is -2.56. The van der Waals surface area contributed by atoms with Crippen molar-refractivity contribution in [2.45, 2.75) is 90.6 Å². The fourth-order valence-corrected chi connectivity index (χ4v) is 6.64. The van der Waals surface area contributed by atoms with E-state index in [0.29, 0.717) is 50.6 Å². The van der Waals surface area contributed by atoms with Crippen LogP contribution < -0.4 is 15.4 Å². The predicted octanol–water partition coefficient (Wildman–Crippen LogP) is 4.29. The molecule has 2 heterocycles. The van der Waals surface area contributed by atoms with Crippen molar-refractivity contribution >= 4 is 41.3 Å². The number of nitrogens with one attached hydrogen (secondary N) is 2. The summed E-state index contributed by atoms with van der Waals surface area (Å²) in [4.78, 5) is 57.6. The standard InChI is InChI=1S/C35H53N5O6S/c1-25(2)38-24-47-22-27-9-10-28(30(20-27)46-19-14-26-11-16-39(17-12-26)31(42)13-18-41)21-36-33(43)29-8-7-15-40(29)34(44)32(35(3,4)5)37-23-45-6/h9-10,18,20,24,26,29,32,37H,1,7-8,11-17,19,21-23H2,2-6H3,(H,36,43)/b38-24-/t29?,32-/m1/s1. The summed E-state index contributed by atoms with van der Waals surface area (Å²) < 4.78 is 11.5. The zero-order valence-electron chi connectivity index (χ0n) is 28.7. The third-order valence-electron chi connectivity index (χ3n) is 8.57. The van der Waals surface area contributed by atoms with Gasteiger partial charge < -0.3 is 29.4 Å². The minimum absolute atomic E-state index is 0.0567. The Labute approximate surface area is 284 Å². The van der Waals surface area contributed by atoms with E-state index in [1.165, 1.54) is 0 Å². The molecule has 0 saturated carbocycles. The molecule has 1 aromatic rings. The molecule has 0 radical (unpaired) electrons. The molecule has 12 heteroatoms. The van der Waals surface area contributed by atoms with Gasteiger partial charge >= 0.3 is 0 Å². The van der Waals surface area contributed by atoms with Crippen LogP contribution in [0.4, 0.5) is 0 Å².